The number of rotatable bonds is 0. The van der Waals surface area contributed by atoms with Gasteiger partial charge in [0.25, 0.3) is 0 Å². The van der Waals surface area contributed by atoms with Crippen molar-refractivity contribution < 1.29 is 9.59 Å². The molecule has 3 heteroatoms. The minimum atomic E-state index is -0.437. The fourth-order valence-electron chi connectivity index (χ4n) is 0.450. The second-order valence-electron chi connectivity index (χ2n) is 1.45. The Morgan fingerprint density at radius 1 is 0.889 bits per heavy atom. The van der Waals surface area contributed by atoms with Crippen LogP contribution in [-0.4, -0.2) is 41.1 Å². The van der Waals surface area contributed by atoms with Crippen molar-refractivity contribution in [3.63, 3.8) is 0 Å². The summed E-state index contributed by atoms with van der Waals surface area (Å²) in [5, 5.41) is 0. The summed E-state index contributed by atoms with van der Waals surface area (Å²) in [7, 11) is 0. The van der Waals surface area contributed by atoms with E-state index >= 15 is 0 Å². The number of hydrogen-bond donors (Lipinski definition) is 0. The molecule has 1 aliphatic carbocycles. The Bertz CT molecular complexity index is 169. The Labute approximate surface area is 74.9 Å². The Morgan fingerprint density at radius 3 is 1.44 bits per heavy atom. The van der Waals surface area contributed by atoms with Crippen LogP contribution in [0.2, 0.25) is 0 Å². The first-order chi connectivity index (χ1) is 3.80. The number of allylic oxidation sites excluding steroid dienone is 4. The minimum absolute atomic E-state index is 0. The summed E-state index contributed by atoms with van der Waals surface area (Å²) < 4.78 is 0. The molecule has 1 aliphatic rings. The second kappa shape index (κ2) is 3.77. The maximum atomic E-state index is 10.3. The number of ketones is 2. The third-order valence-corrected chi connectivity index (χ3v) is 0.849. The van der Waals surface area contributed by atoms with Crippen LogP contribution in [0.4, 0.5) is 0 Å². The van der Waals surface area contributed by atoms with Gasteiger partial charge < -0.3 is 0 Å². The third kappa shape index (κ3) is 2.26. The largest absolute Gasteiger partial charge is 0.286 e. The molecule has 0 fully saturated rings. The first-order valence-corrected chi connectivity index (χ1v) is 2.24. The molecule has 0 aromatic carbocycles. The summed E-state index contributed by atoms with van der Waals surface area (Å²) >= 11 is 0. The molecule has 2 nitrogen and oxygen atoms in total. The van der Waals surface area contributed by atoms with Crippen molar-refractivity contribution in [1.29, 1.82) is 0 Å². The van der Waals surface area contributed by atoms with Crippen LogP contribution in [0.25, 0.3) is 0 Å². The van der Waals surface area contributed by atoms with E-state index in [2.05, 4.69) is 0 Å². The standard InChI is InChI=1S/C6H4O2.Na/c7-5-3-1-2-4-6(5)8;/h1-4H;. The summed E-state index contributed by atoms with van der Waals surface area (Å²) in [6.07, 6.45) is 5.60. The molecule has 0 saturated carbocycles. The number of carbonyl (C=O) groups is 2. The minimum Gasteiger partial charge on any atom is -0.286 e. The molecule has 1 rings (SSSR count). The Hall–Kier alpha value is -0.180. The van der Waals surface area contributed by atoms with E-state index in [9.17, 15) is 9.59 Å². The van der Waals surface area contributed by atoms with E-state index in [1.807, 2.05) is 0 Å². The van der Waals surface area contributed by atoms with E-state index < -0.39 is 11.6 Å². The van der Waals surface area contributed by atoms with Crippen molar-refractivity contribution in [2.24, 2.45) is 0 Å². The maximum Gasteiger partial charge on any atom is 0.225 e. The van der Waals surface area contributed by atoms with Gasteiger partial charge in [0, 0.05) is 29.6 Å². The van der Waals surface area contributed by atoms with Gasteiger partial charge in [-0.15, -0.1) is 0 Å². The quantitative estimate of drug-likeness (QED) is 0.260. The van der Waals surface area contributed by atoms with E-state index in [1.165, 1.54) is 12.2 Å². The normalized spacial score (nSPS) is 15.6. The zero-order valence-corrected chi connectivity index (χ0v) is 7.13. The molecule has 0 amide bonds. The number of carbonyl (C=O) groups excluding carboxylic acids is 2. The molecule has 0 heterocycles. The molecule has 0 unspecified atom stereocenters. The zero-order chi connectivity index (χ0) is 5.98. The van der Waals surface area contributed by atoms with Crippen molar-refractivity contribution >= 4 is 41.1 Å². The molecule has 0 N–H and O–H groups in total. The average Bonchev–Trinajstić information content (AvgIpc) is 1.77. The van der Waals surface area contributed by atoms with E-state index in [4.69, 9.17) is 0 Å². The molecule has 0 aromatic rings. The van der Waals surface area contributed by atoms with Crippen LogP contribution in [0.15, 0.2) is 24.3 Å². The molecule has 0 aliphatic heterocycles. The summed E-state index contributed by atoms with van der Waals surface area (Å²) in [5.74, 6) is -0.875. The van der Waals surface area contributed by atoms with Crippen LogP contribution < -0.4 is 0 Å². The number of hydrogen-bond acceptors (Lipinski definition) is 2. The SMILES string of the molecule is O=C1C=CC=CC1=O.[Na]. The van der Waals surface area contributed by atoms with Gasteiger partial charge in [-0.3, -0.25) is 9.59 Å². The van der Waals surface area contributed by atoms with Crippen molar-refractivity contribution in [2.75, 3.05) is 0 Å². The van der Waals surface area contributed by atoms with Crippen molar-refractivity contribution in [2.45, 2.75) is 0 Å². The van der Waals surface area contributed by atoms with Gasteiger partial charge in [-0.05, 0) is 12.2 Å². The van der Waals surface area contributed by atoms with Gasteiger partial charge in [0.2, 0.25) is 11.6 Å². The van der Waals surface area contributed by atoms with Gasteiger partial charge in [0.1, 0.15) is 0 Å². The predicted molar refractivity (Wildman–Crippen MR) is 34.0 cm³/mol. The first kappa shape index (κ1) is 8.82. The summed E-state index contributed by atoms with van der Waals surface area (Å²) in [6.45, 7) is 0. The Morgan fingerprint density at radius 2 is 1.22 bits per heavy atom. The zero-order valence-electron chi connectivity index (χ0n) is 5.13. The molecule has 1 radical (unpaired) electrons. The van der Waals surface area contributed by atoms with Gasteiger partial charge in [-0.1, -0.05) is 12.2 Å². The molecule has 41 valence electrons. The third-order valence-electron chi connectivity index (χ3n) is 0.849. The van der Waals surface area contributed by atoms with Crippen molar-refractivity contribution in [1.82, 2.24) is 0 Å². The average molecular weight is 131 g/mol. The molecule has 9 heavy (non-hydrogen) atoms. The molecular weight excluding hydrogens is 127 g/mol. The van der Waals surface area contributed by atoms with E-state index in [0.29, 0.717) is 0 Å². The van der Waals surface area contributed by atoms with Crippen LogP contribution >= 0.6 is 0 Å². The van der Waals surface area contributed by atoms with Crippen LogP contribution in [0.5, 0.6) is 0 Å². The van der Waals surface area contributed by atoms with Gasteiger partial charge >= 0.3 is 0 Å². The maximum absolute atomic E-state index is 10.3. The molecule has 0 atom stereocenters. The summed E-state index contributed by atoms with van der Waals surface area (Å²) in [5.41, 5.74) is 0. The van der Waals surface area contributed by atoms with E-state index in [-0.39, 0.29) is 29.6 Å². The van der Waals surface area contributed by atoms with Gasteiger partial charge in [-0.2, -0.15) is 0 Å². The second-order valence-corrected chi connectivity index (χ2v) is 1.45. The molecule has 0 spiro atoms. The van der Waals surface area contributed by atoms with Gasteiger partial charge in [0.05, 0.1) is 0 Å². The molecule has 0 saturated heterocycles. The first-order valence-electron chi connectivity index (χ1n) is 2.24. The van der Waals surface area contributed by atoms with Crippen LogP contribution in [0.3, 0.4) is 0 Å². The summed E-state index contributed by atoms with van der Waals surface area (Å²) in [4.78, 5) is 20.6. The Kier molecular flexibility index (Phi) is 3.70. The smallest absolute Gasteiger partial charge is 0.225 e. The fraction of sp³-hybridized carbons (Fsp3) is 0. The molecule has 0 bridgehead atoms. The monoisotopic (exact) mass is 131 g/mol. The van der Waals surface area contributed by atoms with Gasteiger partial charge in [0.15, 0.2) is 0 Å². The van der Waals surface area contributed by atoms with Crippen LogP contribution in [0, 0.1) is 0 Å². The Balaban J connectivity index is 0.000000640. The van der Waals surface area contributed by atoms with Crippen molar-refractivity contribution in [3.05, 3.63) is 24.3 Å². The van der Waals surface area contributed by atoms with Crippen LogP contribution in [0.1, 0.15) is 0 Å². The molecular formula is C6H4NaO2. The van der Waals surface area contributed by atoms with Crippen molar-refractivity contribution in [3.8, 4) is 0 Å². The molecule has 0 aromatic heterocycles. The predicted octanol–water partition coefficient (Wildman–Crippen LogP) is -0.130. The topological polar surface area (TPSA) is 34.1 Å². The van der Waals surface area contributed by atoms with E-state index in [0.717, 1.165) is 0 Å². The van der Waals surface area contributed by atoms with E-state index in [1.54, 1.807) is 12.2 Å². The summed E-state index contributed by atoms with van der Waals surface area (Å²) in [6, 6.07) is 0. The van der Waals surface area contributed by atoms with Crippen LogP contribution in [-0.2, 0) is 9.59 Å². The fourth-order valence-corrected chi connectivity index (χ4v) is 0.450. The van der Waals surface area contributed by atoms with Gasteiger partial charge in [-0.25, -0.2) is 0 Å².